The van der Waals surface area contributed by atoms with E-state index in [1.807, 2.05) is 48.5 Å². The Morgan fingerprint density at radius 3 is 1.79 bits per heavy atom. The van der Waals surface area contributed by atoms with Crippen LogP contribution in [0.25, 0.3) is 11.1 Å². The molecule has 2 heteroatoms. The highest BCUT2D eigenvalue weighted by atomic mass is 14.6. The molecule has 0 amide bonds. The average molecular weight is 184 g/mol. The summed E-state index contributed by atoms with van der Waals surface area (Å²) in [5.74, 6) is 0. The molecule has 4 N–H and O–H groups in total. The molecule has 0 saturated heterocycles. The van der Waals surface area contributed by atoms with Crippen molar-refractivity contribution in [3.05, 3.63) is 48.5 Å². The van der Waals surface area contributed by atoms with Crippen LogP contribution in [0, 0.1) is 0 Å². The molecule has 2 aromatic rings. The highest BCUT2D eigenvalue weighted by Gasteiger charge is 2.04. The molecular formula is C12H12N2. The van der Waals surface area contributed by atoms with Gasteiger partial charge in [-0.1, -0.05) is 36.4 Å². The van der Waals surface area contributed by atoms with Gasteiger partial charge in [0.05, 0.1) is 0 Å². The number of nitrogens with two attached hydrogens (primary N) is 2. The third-order valence-electron chi connectivity index (χ3n) is 2.19. The van der Waals surface area contributed by atoms with Gasteiger partial charge in [0, 0.05) is 16.9 Å². The molecule has 2 nitrogen and oxygen atoms in total. The van der Waals surface area contributed by atoms with Gasteiger partial charge in [-0.05, 0) is 17.7 Å². The van der Waals surface area contributed by atoms with Crippen molar-refractivity contribution in [1.29, 1.82) is 0 Å². The lowest BCUT2D eigenvalue weighted by Gasteiger charge is -2.08. The third-order valence-corrected chi connectivity index (χ3v) is 2.19. The molecule has 0 fully saturated rings. The molecule has 0 spiro atoms. The van der Waals surface area contributed by atoms with Crippen LogP contribution in [0.15, 0.2) is 48.5 Å². The fraction of sp³-hybridized carbons (Fsp3) is 0. The van der Waals surface area contributed by atoms with Crippen LogP contribution in [0.4, 0.5) is 11.4 Å². The van der Waals surface area contributed by atoms with Gasteiger partial charge in [0.1, 0.15) is 0 Å². The first-order valence-electron chi connectivity index (χ1n) is 4.48. The topological polar surface area (TPSA) is 52.0 Å². The standard InChI is InChI=1S/C12H12N2/c13-10-7-4-8-11(14)12(10)9-5-2-1-3-6-9/h1-8H,13-14H2. The van der Waals surface area contributed by atoms with Gasteiger partial charge in [-0.25, -0.2) is 0 Å². The minimum absolute atomic E-state index is 0.719. The SMILES string of the molecule is Nc1cccc(N)c1-c1ccccc1. The third kappa shape index (κ3) is 1.42. The minimum atomic E-state index is 0.719. The van der Waals surface area contributed by atoms with E-state index in [-0.39, 0.29) is 0 Å². The second kappa shape index (κ2) is 3.42. The van der Waals surface area contributed by atoms with Crippen molar-refractivity contribution < 1.29 is 0 Å². The Kier molecular flexibility index (Phi) is 2.11. The highest BCUT2D eigenvalue weighted by molar-refractivity contribution is 5.86. The van der Waals surface area contributed by atoms with Crippen LogP contribution >= 0.6 is 0 Å². The molecule has 0 heterocycles. The predicted octanol–water partition coefficient (Wildman–Crippen LogP) is 2.52. The Morgan fingerprint density at radius 1 is 0.643 bits per heavy atom. The molecule has 0 radical (unpaired) electrons. The molecule has 0 aliphatic carbocycles. The van der Waals surface area contributed by atoms with Crippen LogP contribution in [0.5, 0.6) is 0 Å². The Hall–Kier alpha value is -1.96. The second-order valence-electron chi connectivity index (χ2n) is 3.18. The van der Waals surface area contributed by atoms with Crippen LogP contribution < -0.4 is 11.5 Å². The Morgan fingerprint density at radius 2 is 1.21 bits per heavy atom. The van der Waals surface area contributed by atoms with Crippen LogP contribution in [-0.4, -0.2) is 0 Å². The van der Waals surface area contributed by atoms with Gasteiger partial charge in [-0.15, -0.1) is 0 Å². The Bertz CT molecular complexity index is 415. The zero-order valence-electron chi connectivity index (χ0n) is 7.77. The number of hydrogen-bond donors (Lipinski definition) is 2. The van der Waals surface area contributed by atoms with E-state index in [1.54, 1.807) is 0 Å². The normalized spacial score (nSPS) is 10.0. The number of hydrogen-bond acceptors (Lipinski definition) is 2. The van der Waals surface area contributed by atoms with Crippen LogP contribution in [0.3, 0.4) is 0 Å². The smallest absolute Gasteiger partial charge is 0.0414 e. The number of anilines is 2. The summed E-state index contributed by atoms with van der Waals surface area (Å²) in [5.41, 5.74) is 15.2. The Labute approximate surface area is 83.2 Å². The molecule has 0 saturated carbocycles. The molecule has 0 bridgehead atoms. The van der Waals surface area contributed by atoms with E-state index in [9.17, 15) is 0 Å². The summed E-state index contributed by atoms with van der Waals surface area (Å²) >= 11 is 0. The van der Waals surface area contributed by atoms with Crippen LogP contribution in [0.1, 0.15) is 0 Å². The molecule has 0 aromatic heterocycles. The average Bonchev–Trinajstić information content (AvgIpc) is 2.19. The largest absolute Gasteiger partial charge is 0.398 e. The molecule has 2 rings (SSSR count). The van der Waals surface area contributed by atoms with Crippen molar-refractivity contribution in [1.82, 2.24) is 0 Å². The Balaban J connectivity index is 2.63. The summed E-state index contributed by atoms with van der Waals surface area (Å²) in [6.07, 6.45) is 0. The first kappa shape index (κ1) is 8.63. The summed E-state index contributed by atoms with van der Waals surface area (Å²) in [6.45, 7) is 0. The first-order valence-corrected chi connectivity index (χ1v) is 4.48. The molecule has 70 valence electrons. The van der Waals surface area contributed by atoms with Gasteiger partial charge in [-0.2, -0.15) is 0 Å². The quantitative estimate of drug-likeness (QED) is 0.669. The van der Waals surface area contributed by atoms with E-state index in [0.29, 0.717) is 0 Å². The molecule has 0 aliphatic rings. The second-order valence-corrected chi connectivity index (χ2v) is 3.18. The zero-order valence-corrected chi connectivity index (χ0v) is 7.77. The lowest BCUT2D eigenvalue weighted by molar-refractivity contribution is 1.60. The van der Waals surface area contributed by atoms with E-state index in [2.05, 4.69) is 0 Å². The summed E-state index contributed by atoms with van der Waals surface area (Å²) in [4.78, 5) is 0. The van der Waals surface area contributed by atoms with E-state index >= 15 is 0 Å². The summed E-state index contributed by atoms with van der Waals surface area (Å²) in [5, 5.41) is 0. The van der Waals surface area contributed by atoms with Gasteiger partial charge < -0.3 is 11.5 Å². The lowest BCUT2D eigenvalue weighted by atomic mass is 10.0. The van der Waals surface area contributed by atoms with Gasteiger partial charge in [0.15, 0.2) is 0 Å². The van der Waals surface area contributed by atoms with Crippen LogP contribution in [-0.2, 0) is 0 Å². The first-order chi connectivity index (χ1) is 6.79. The maximum absolute atomic E-state index is 5.87. The van der Waals surface area contributed by atoms with E-state index in [1.165, 1.54) is 0 Å². The van der Waals surface area contributed by atoms with E-state index in [4.69, 9.17) is 11.5 Å². The van der Waals surface area contributed by atoms with Crippen molar-refractivity contribution in [3.8, 4) is 11.1 Å². The number of nitrogen functional groups attached to an aromatic ring is 2. The minimum Gasteiger partial charge on any atom is -0.398 e. The maximum Gasteiger partial charge on any atom is 0.0414 e. The lowest BCUT2D eigenvalue weighted by Crippen LogP contribution is -1.95. The van der Waals surface area contributed by atoms with E-state index in [0.717, 1.165) is 22.5 Å². The molecule has 0 aliphatic heterocycles. The summed E-state index contributed by atoms with van der Waals surface area (Å²) in [7, 11) is 0. The van der Waals surface area contributed by atoms with Crippen molar-refractivity contribution in [3.63, 3.8) is 0 Å². The van der Waals surface area contributed by atoms with Crippen molar-refractivity contribution in [2.45, 2.75) is 0 Å². The van der Waals surface area contributed by atoms with Crippen molar-refractivity contribution >= 4 is 11.4 Å². The maximum atomic E-state index is 5.87. The molecule has 0 atom stereocenters. The van der Waals surface area contributed by atoms with Gasteiger partial charge >= 0.3 is 0 Å². The predicted molar refractivity (Wildman–Crippen MR) is 60.7 cm³/mol. The van der Waals surface area contributed by atoms with Gasteiger partial charge in [0.25, 0.3) is 0 Å². The molecular weight excluding hydrogens is 172 g/mol. The fourth-order valence-corrected chi connectivity index (χ4v) is 1.53. The number of rotatable bonds is 1. The molecule has 2 aromatic carbocycles. The summed E-state index contributed by atoms with van der Waals surface area (Å²) < 4.78 is 0. The van der Waals surface area contributed by atoms with Crippen molar-refractivity contribution in [2.24, 2.45) is 0 Å². The summed E-state index contributed by atoms with van der Waals surface area (Å²) in [6, 6.07) is 15.5. The van der Waals surface area contributed by atoms with Crippen LogP contribution in [0.2, 0.25) is 0 Å². The highest BCUT2D eigenvalue weighted by Crippen LogP contribution is 2.30. The number of benzene rings is 2. The molecule has 0 unspecified atom stereocenters. The van der Waals surface area contributed by atoms with Gasteiger partial charge in [0.2, 0.25) is 0 Å². The van der Waals surface area contributed by atoms with Crippen molar-refractivity contribution in [2.75, 3.05) is 11.5 Å². The van der Waals surface area contributed by atoms with Gasteiger partial charge in [-0.3, -0.25) is 0 Å². The molecule has 14 heavy (non-hydrogen) atoms. The van der Waals surface area contributed by atoms with E-state index < -0.39 is 0 Å². The fourth-order valence-electron chi connectivity index (χ4n) is 1.53. The zero-order chi connectivity index (χ0) is 9.97. The monoisotopic (exact) mass is 184 g/mol.